The summed E-state index contributed by atoms with van der Waals surface area (Å²) in [5, 5.41) is 12.8. The third kappa shape index (κ3) is 4.73. The number of halogens is 1. The molecule has 0 aromatic heterocycles. The van der Waals surface area contributed by atoms with Gasteiger partial charge in [-0.25, -0.2) is 0 Å². The molecule has 0 saturated heterocycles. The van der Waals surface area contributed by atoms with E-state index in [0.717, 1.165) is 11.1 Å². The van der Waals surface area contributed by atoms with Gasteiger partial charge in [-0.15, -0.1) is 0 Å². The lowest BCUT2D eigenvalue weighted by Crippen LogP contribution is -2.46. The third-order valence-corrected chi connectivity index (χ3v) is 3.98. The van der Waals surface area contributed by atoms with Crippen molar-refractivity contribution in [1.29, 1.82) is 0 Å². The Hall–Kier alpha value is -2.04. The van der Waals surface area contributed by atoms with Gasteiger partial charge in [-0.2, -0.15) is 0 Å². The molecule has 24 heavy (non-hydrogen) atoms. The predicted octanol–water partition coefficient (Wildman–Crippen LogP) is 3.65. The first-order valence-electron chi connectivity index (χ1n) is 7.76. The lowest BCUT2D eigenvalue weighted by molar-refractivity contribution is -0.129. The first-order valence-corrected chi connectivity index (χ1v) is 8.14. The maximum absolute atomic E-state index is 12.5. The molecule has 0 aliphatic heterocycles. The van der Waals surface area contributed by atoms with Gasteiger partial charge in [-0.05, 0) is 56.2 Å². The zero-order chi connectivity index (χ0) is 17.7. The van der Waals surface area contributed by atoms with Gasteiger partial charge < -0.3 is 15.2 Å². The highest BCUT2D eigenvalue weighted by molar-refractivity contribution is 6.30. The molecule has 5 heteroatoms. The van der Waals surface area contributed by atoms with Crippen molar-refractivity contribution in [3.05, 3.63) is 64.7 Å². The number of aliphatic hydroxyl groups is 1. The van der Waals surface area contributed by atoms with Crippen LogP contribution in [0.25, 0.3) is 0 Å². The van der Waals surface area contributed by atoms with Crippen molar-refractivity contribution in [3.8, 4) is 5.75 Å². The molecule has 0 aliphatic carbocycles. The van der Waals surface area contributed by atoms with Crippen molar-refractivity contribution in [2.24, 2.45) is 0 Å². The molecule has 0 saturated carbocycles. The topological polar surface area (TPSA) is 58.6 Å². The Labute approximate surface area is 147 Å². The molecule has 1 unspecified atom stereocenters. The summed E-state index contributed by atoms with van der Waals surface area (Å²) in [5.41, 5.74) is 1.07. The highest BCUT2D eigenvalue weighted by Gasteiger charge is 2.26. The molecule has 4 nitrogen and oxygen atoms in total. The highest BCUT2D eigenvalue weighted by Crippen LogP contribution is 2.23. The van der Waals surface area contributed by atoms with Crippen LogP contribution in [0.15, 0.2) is 48.5 Å². The van der Waals surface area contributed by atoms with Crippen molar-refractivity contribution in [3.63, 3.8) is 0 Å². The third-order valence-electron chi connectivity index (χ3n) is 3.75. The number of carbonyl (C=O) groups is 1. The molecule has 1 atom stereocenters. The second kappa shape index (κ2) is 7.69. The molecule has 0 heterocycles. The molecule has 1 amide bonds. The Morgan fingerprint density at radius 2 is 1.96 bits per heavy atom. The molecule has 0 aliphatic rings. The maximum atomic E-state index is 12.5. The standard InChI is InChI=1S/C19H22ClNO3/c1-13(24-17-9-4-6-14(10-17)12-22)18(23)21-19(2,3)15-7-5-8-16(20)11-15/h4-11,13,22H,12H2,1-3H3,(H,21,23). The van der Waals surface area contributed by atoms with E-state index in [4.69, 9.17) is 21.4 Å². The van der Waals surface area contributed by atoms with E-state index in [1.54, 1.807) is 37.3 Å². The molecule has 2 aromatic carbocycles. The Kier molecular flexibility index (Phi) is 5.86. The van der Waals surface area contributed by atoms with Gasteiger partial charge in [0.2, 0.25) is 0 Å². The second-order valence-corrected chi connectivity index (χ2v) is 6.63. The van der Waals surface area contributed by atoms with Crippen LogP contribution in [-0.2, 0) is 16.9 Å². The minimum Gasteiger partial charge on any atom is -0.481 e. The SMILES string of the molecule is CC(Oc1cccc(CO)c1)C(=O)NC(C)(C)c1cccc(Cl)c1. The molecule has 0 radical (unpaired) electrons. The van der Waals surface area contributed by atoms with Crippen LogP contribution in [0.4, 0.5) is 0 Å². The van der Waals surface area contributed by atoms with Crippen LogP contribution < -0.4 is 10.1 Å². The molecule has 0 spiro atoms. The Morgan fingerprint density at radius 1 is 1.25 bits per heavy atom. The van der Waals surface area contributed by atoms with Gasteiger partial charge in [0.15, 0.2) is 6.10 Å². The predicted molar refractivity (Wildman–Crippen MR) is 95.1 cm³/mol. The minimum atomic E-state index is -0.669. The largest absolute Gasteiger partial charge is 0.481 e. The molecular formula is C19H22ClNO3. The van der Waals surface area contributed by atoms with Gasteiger partial charge >= 0.3 is 0 Å². The van der Waals surface area contributed by atoms with E-state index in [1.165, 1.54) is 0 Å². The molecule has 0 fully saturated rings. The number of amides is 1. The second-order valence-electron chi connectivity index (χ2n) is 6.19. The first kappa shape index (κ1) is 18.3. The van der Waals surface area contributed by atoms with E-state index in [2.05, 4.69) is 5.32 Å². The van der Waals surface area contributed by atoms with Crippen molar-refractivity contribution in [1.82, 2.24) is 5.32 Å². The highest BCUT2D eigenvalue weighted by atomic mass is 35.5. The van der Waals surface area contributed by atoms with E-state index in [-0.39, 0.29) is 12.5 Å². The number of benzene rings is 2. The van der Waals surface area contributed by atoms with Crippen LogP contribution in [0.3, 0.4) is 0 Å². The average Bonchev–Trinajstić information content (AvgIpc) is 2.54. The number of ether oxygens (including phenoxy) is 1. The Morgan fingerprint density at radius 3 is 2.62 bits per heavy atom. The minimum absolute atomic E-state index is 0.0699. The zero-order valence-corrected chi connectivity index (χ0v) is 14.8. The Balaban J connectivity index is 2.05. The van der Waals surface area contributed by atoms with Crippen LogP contribution >= 0.6 is 11.6 Å². The van der Waals surface area contributed by atoms with Gasteiger partial charge in [0.25, 0.3) is 5.91 Å². The van der Waals surface area contributed by atoms with E-state index in [0.29, 0.717) is 10.8 Å². The number of hydrogen-bond donors (Lipinski definition) is 2. The number of hydrogen-bond acceptors (Lipinski definition) is 3. The molecule has 2 N–H and O–H groups in total. The summed E-state index contributed by atoms with van der Waals surface area (Å²) in [6, 6.07) is 14.4. The van der Waals surface area contributed by atoms with Crippen molar-refractivity contribution in [2.45, 2.75) is 39.0 Å². The van der Waals surface area contributed by atoms with Crippen LogP contribution in [0.1, 0.15) is 31.9 Å². The Bertz CT molecular complexity index is 715. The van der Waals surface area contributed by atoms with E-state index in [9.17, 15) is 4.79 Å². The lowest BCUT2D eigenvalue weighted by Gasteiger charge is -2.29. The van der Waals surface area contributed by atoms with Crippen LogP contribution in [-0.4, -0.2) is 17.1 Å². The summed E-state index contributed by atoms with van der Waals surface area (Å²) in [7, 11) is 0. The monoisotopic (exact) mass is 347 g/mol. The summed E-state index contributed by atoms with van der Waals surface area (Å²) >= 11 is 6.03. The lowest BCUT2D eigenvalue weighted by atomic mass is 9.94. The van der Waals surface area contributed by atoms with Crippen molar-refractivity contribution >= 4 is 17.5 Å². The number of nitrogens with one attached hydrogen (secondary N) is 1. The van der Waals surface area contributed by atoms with E-state index in [1.807, 2.05) is 32.0 Å². The normalized spacial score (nSPS) is 12.5. The number of rotatable bonds is 6. The fourth-order valence-corrected chi connectivity index (χ4v) is 2.52. The summed E-state index contributed by atoms with van der Waals surface area (Å²) in [5.74, 6) is 0.319. The summed E-state index contributed by atoms with van der Waals surface area (Å²) in [6.07, 6.45) is -0.669. The molecule has 2 rings (SSSR count). The maximum Gasteiger partial charge on any atom is 0.261 e. The van der Waals surface area contributed by atoms with Gasteiger partial charge in [-0.1, -0.05) is 35.9 Å². The summed E-state index contributed by atoms with van der Waals surface area (Å²) in [4.78, 5) is 12.5. The van der Waals surface area contributed by atoms with Crippen LogP contribution in [0.5, 0.6) is 5.75 Å². The summed E-state index contributed by atoms with van der Waals surface area (Å²) in [6.45, 7) is 5.44. The fraction of sp³-hybridized carbons (Fsp3) is 0.316. The van der Waals surface area contributed by atoms with Crippen LogP contribution in [0, 0.1) is 0 Å². The molecule has 2 aromatic rings. The summed E-state index contributed by atoms with van der Waals surface area (Å²) < 4.78 is 5.67. The fourth-order valence-electron chi connectivity index (χ4n) is 2.33. The number of aliphatic hydroxyl groups excluding tert-OH is 1. The molecular weight excluding hydrogens is 326 g/mol. The van der Waals surface area contributed by atoms with E-state index < -0.39 is 11.6 Å². The average molecular weight is 348 g/mol. The van der Waals surface area contributed by atoms with Gasteiger partial charge in [0.1, 0.15) is 5.75 Å². The van der Waals surface area contributed by atoms with Crippen molar-refractivity contribution < 1.29 is 14.6 Å². The van der Waals surface area contributed by atoms with Gasteiger partial charge in [0, 0.05) is 5.02 Å². The van der Waals surface area contributed by atoms with Gasteiger partial charge in [0.05, 0.1) is 12.1 Å². The smallest absolute Gasteiger partial charge is 0.261 e. The molecule has 128 valence electrons. The van der Waals surface area contributed by atoms with Crippen LogP contribution in [0.2, 0.25) is 5.02 Å². The number of carbonyl (C=O) groups excluding carboxylic acids is 1. The zero-order valence-electron chi connectivity index (χ0n) is 14.0. The van der Waals surface area contributed by atoms with Crippen molar-refractivity contribution in [2.75, 3.05) is 0 Å². The first-order chi connectivity index (χ1) is 11.3. The quantitative estimate of drug-likeness (QED) is 0.838. The molecule has 0 bridgehead atoms. The van der Waals surface area contributed by atoms with E-state index >= 15 is 0 Å². The van der Waals surface area contributed by atoms with Gasteiger partial charge in [-0.3, -0.25) is 4.79 Å².